The summed E-state index contributed by atoms with van der Waals surface area (Å²) < 4.78 is 39.2. The average molecular weight is 298 g/mol. The van der Waals surface area contributed by atoms with Crippen LogP contribution in [0.3, 0.4) is 0 Å². The molecule has 1 aliphatic rings. The van der Waals surface area contributed by atoms with Crippen LogP contribution < -0.4 is 11.3 Å². The van der Waals surface area contributed by atoms with Crippen LogP contribution in [0.2, 0.25) is 0 Å². The Balaban J connectivity index is 2.30. The summed E-state index contributed by atoms with van der Waals surface area (Å²) >= 11 is 0. The molecule has 3 rings (SSSR count). The van der Waals surface area contributed by atoms with Gasteiger partial charge in [0.2, 0.25) is 0 Å². The third kappa shape index (κ3) is 2.51. The van der Waals surface area contributed by atoms with Crippen LogP contribution in [-0.4, -0.2) is 15.0 Å². The van der Waals surface area contributed by atoms with Crippen molar-refractivity contribution in [3.8, 4) is 0 Å². The van der Waals surface area contributed by atoms with Crippen molar-refractivity contribution in [3.05, 3.63) is 33.5 Å². The second-order valence-electron chi connectivity index (χ2n) is 5.31. The Morgan fingerprint density at radius 2 is 2.05 bits per heavy atom. The number of rotatable bonds is 2. The molecule has 0 spiro atoms. The summed E-state index contributed by atoms with van der Waals surface area (Å²) in [4.78, 5) is 22.2. The molecule has 5 nitrogen and oxygen atoms in total. The van der Waals surface area contributed by atoms with Crippen LogP contribution >= 0.6 is 0 Å². The van der Waals surface area contributed by atoms with Gasteiger partial charge in [0.15, 0.2) is 11.3 Å². The van der Waals surface area contributed by atoms with Crippen LogP contribution in [0.5, 0.6) is 0 Å². The Morgan fingerprint density at radius 1 is 1.38 bits per heavy atom. The molecular weight excluding hydrogens is 285 g/mol. The molecule has 0 aliphatic heterocycles. The first-order chi connectivity index (χ1) is 9.77. The zero-order chi connectivity index (χ0) is 15.4. The highest BCUT2D eigenvalue weighted by molar-refractivity contribution is 5.75. The number of aromatic nitrogens is 3. The molecule has 112 valence electrons. The predicted octanol–water partition coefficient (Wildman–Crippen LogP) is 2.23. The molecule has 1 saturated carbocycles. The van der Waals surface area contributed by atoms with Gasteiger partial charge in [0, 0.05) is 17.5 Å². The van der Waals surface area contributed by atoms with Crippen molar-refractivity contribution < 1.29 is 13.2 Å². The lowest BCUT2D eigenvalue weighted by atomic mass is 10.1. The second-order valence-corrected chi connectivity index (χ2v) is 5.31. The summed E-state index contributed by atoms with van der Waals surface area (Å²) in [7, 11) is 0. The molecular formula is C13H13F3N4O. The Hall–Kier alpha value is -1.96. The first-order valence-corrected chi connectivity index (χ1v) is 6.55. The minimum absolute atomic E-state index is 0.0275. The van der Waals surface area contributed by atoms with E-state index in [0.29, 0.717) is 5.82 Å². The molecule has 1 atom stereocenters. The molecule has 3 N–H and O–H groups in total. The van der Waals surface area contributed by atoms with Gasteiger partial charge in [-0.25, -0.2) is 9.97 Å². The molecule has 0 bridgehead atoms. The number of alkyl halides is 3. The summed E-state index contributed by atoms with van der Waals surface area (Å²) in [5.41, 5.74) is 3.62. The SMILES string of the molecule is CC(N)c1cc2c(=O)[nH]c(C3CC3)nc2nc1C(F)(F)F. The highest BCUT2D eigenvalue weighted by Crippen LogP contribution is 2.38. The standard InChI is InChI=1S/C13H13F3N4O/c1-5(17)7-4-8-11(18-9(7)13(14,15)16)19-10(6-2-3-6)20-12(8)21/h4-6H,2-3,17H2,1H3,(H,18,19,20,21). The molecule has 0 amide bonds. The van der Waals surface area contributed by atoms with E-state index in [1.165, 1.54) is 6.92 Å². The number of halogens is 3. The van der Waals surface area contributed by atoms with Crippen LogP contribution in [0.1, 0.15) is 48.8 Å². The summed E-state index contributed by atoms with van der Waals surface area (Å²) in [6.07, 6.45) is -2.89. The number of aromatic amines is 1. The molecule has 1 aliphatic carbocycles. The Labute approximate surface area is 117 Å². The van der Waals surface area contributed by atoms with Gasteiger partial charge in [0.25, 0.3) is 5.56 Å². The Bertz CT molecular complexity index is 762. The molecule has 2 aromatic rings. The maximum Gasteiger partial charge on any atom is 0.433 e. The van der Waals surface area contributed by atoms with Gasteiger partial charge in [0.1, 0.15) is 5.82 Å². The first kappa shape index (κ1) is 14.0. The normalized spacial score (nSPS) is 17.2. The van der Waals surface area contributed by atoms with Gasteiger partial charge >= 0.3 is 6.18 Å². The molecule has 1 fully saturated rings. The van der Waals surface area contributed by atoms with E-state index >= 15 is 0 Å². The lowest BCUT2D eigenvalue weighted by Crippen LogP contribution is -2.20. The maximum atomic E-state index is 13.1. The first-order valence-electron chi connectivity index (χ1n) is 6.55. The third-order valence-electron chi connectivity index (χ3n) is 3.47. The van der Waals surface area contributed by atoms with E-state index in [4.69, 9.17) is 5.73 Å². The van der Waals surface area contributed by atoms with Crippen LogP contribution in [0.4, 0.5) is 13.2 Å². The number of hydrogen-bond donors (Lipinski definition) is 2. The minimum Gasteiger partial charge on any atom is -0.324 e. The van der Waals surface area contributed by atoms with Crippen LogP contribution in [0.15, 0.2) is 10.9 Å². The number of H-pyrrole nitrogens is 1. The second kappa shape index (κ2) is 4.52. The summed E-state index contributed by atoms with van der Waals surface area (Å²) in [5.74, 6) is 0.521. The van der Waals surface area contributed by atoms with E-state index in [-0.39, 0.29) is 22.5 Å². The largest absolute Gasteiger partial charge is 0.433 e. The fraction of sp³-hybridized carbons (Fsp3) is 0.462. The number of pyridine rings is 1. The topological polar surface area (TPSA) is 84.7 Å². The molecule has 1 unspecified atom stereocenters. The van der Waals surface area contributed by atoms with Gasteiger partial charge in [-0.15, -0.1) is 0 Å². The molecule has 0 saturated heterocycles. The third-order valence-corrected chi connectivity index (χ3v) is 3.47. The fourth-order valence-electron chi connectivity index (χ4n) is 2.22. The van der Waals surface area contributed by atoms with Gasteiger partial charge in [-0.05, 0) is 25.8 Å². The van der Waals surface area contributed by atoms with Crippen LogP contribution in [0, 0.1) is 0 Å². The lowest BCUT2D eigenvalue weighted by Gasteiger charge is -2.15. The predicted molar refractivity (Wildman–Crippen MR) is 69.7 cm³/mol. The maximum absolute atomic E-state index is 13.1. The zero-order valence-electron chi connectivity index (χ0n) is 11.2. The lowest BCUT2D eigenvalue weighted by molar-refractivity contribution is -0.141. The van der Waals surface area contributed by atoms with Gasteiger partial charge in [-0.2, -0.15) is 13.2 Å². The van der Waals surface area contributed by atoms with E-state index in [1.807, 2.05) is 0 Å². The Morgan fingerprint density at radius 3 is 2.57 bits per heavy atom. The van der Waals surface area contributed by atoms with Crippen molar-refractivity contribution in [3.63, 3.8) is 0 Å². The van der Waals surface area contributed by atoms with Crippen molar-refractivity contribution in [1.29, 1.82) is 0 Å². The molecule has 0 radical (unpaired) electrons. The van der Waals surface area contributed by atoms with Crippen LogP contribution in [0.25, 0.3) is 11.0 Å². The van der Waals surface area contributed by atoms with Gasteiger partial charge in [-0.1, -0.05) is 0 Å². The van der Waals surface area contributed by atoms with E-state index < -0.39 is 23.5 Å². The summed E-state index contributed by atoms with van der Waals surface area (Å²) in [5, 5.41) is 0.0275. The molecule has 2 aromatic heterocycles. The molecule has 21 heavy (non-hydrogen) atoms. The van der Waals surface area contributed by atoms with Crippen molar-refractivity contribution in [2.75, 3.05) is 0 Å². The van der Waals surface area contributed by atoms with Gasteiger partial charge in [0.05, 0.1) is 5.39 Å². The minimum atomic E-state index is -4.64. The molecule has 0 aromatic carbocycles. The number of nitrogens with zero attached hydrogens (tertiary/aromatic N) is 2. The zero-order valence-corrected chi connectivity index (χ0v) is 11.2. The van der Waals surface area contributed by atoms with Crippen LogP contribution in [-0.2, 0) is 6.18 Å². The molecule has 2 heterocycles. The van der Waals surface area contributed by atoms with Crippen molar-refractivity contribution in [1.82, 2.24) is 15.0 Å². The monoisotopic (exact) mass is 298 g/mol. The van der Waals surface area contributed by atoms with Gasteiger partial charge < -0.3 is 10.7 Å². The summed E-state index contributed by atoms with van der Waals surface area (Å²) in [6, 6.07) is 0.249. The smallest absolute Gasteiger partial charge is 0.324 e. The quantitative estimate of drug-likeness (QED) is 0.890. The number of nitrogens with one attached hydrogen (secondary N) is 1. The number of nitrogens with two attached hydrogens (primary N) is 1. The highest BCUT2D eigenvalue weighted by atomic mass is 19.4. The van der Waals surface area contributed by atoms with E-state index in [1.54, 1.807) is 0 Å². The van der Waals surface area contributed by atoms with Crippen molar-refractivity contribution in [2.45, 2.75) is 37.9 Å². The highest BCUT2D eigenvalue weighted by Gasteiger charge is 2.37. The summed E-state index contributed by atoms with van der Waals surface area (Å²) in [6.45, 7) is 1.41. The fourth-order valence-corrected chi connectivity index (χ4v) is 2.22. The van der Waals surface area contributed by atoms with Crippen molar-refractivity contribution in [2.24, 2.45) is 5.73 Å². The Kier molecular flexibility index (Phi) is 3.01. The number of fused-ring (bicyclic) bond motifs is 1. The molecule has 8 heteroatoms. The van der Waals surface area contributed by atoms with Crippen molar-refractivity contribution >= 4 is 11.0 Å². The average Bonchev–Trinajstić information content (AvgIpc) is 3.20. The van der Waals surface area contributed by atoms with E-state index in [2.05, 4.69) is 15.0 Å². The number of hydrogen-bond acceptors (Lipinski definition) is 4. The van der Waals surface area contributed by atoms with E-state index in [9.17, 15) is 18.0 Å². The van der Waals surface area contributed by atoms with E-state index in [0.717, 1.165) is 18.9 Å². The van der Waals surface area contributed by atoms with Gasteiger partial charge in [-0.3, -0.25) is 4.79 Å².